The van der Waals surface area contributed by atoms with E-state index >= 15 is 0 Å². The molecule has 0 spiro atoms. The van der Waals surface area contributed by atoms with Crippen molar-refractivity contribution in [1.82, 2.24) is 20.6 Å². The Hall–Kier alpha value is -4.81. The average Bonchev–Trinajstić information content (AvgIpc) is 3.35. The van der Waals surface area contributed by atoms with Gasteiger partial charge in [0.25, 0.3) is 0 Å². The minimum Gasteiger partial charge on any atom is -0.486 e. The molecule has 0 fully saturated rings. The lowest BCUT2D eigenvalue weighted by Gasteiger charge is -2.29. The monoisotopic (exact) mass is 513 g/mol. The molecular formula is C27H20ClN5O4. The zero-order chi connectivity index (χ0) is 25.8. The molecule has 3 N–H and O–H groups in total. The van der Waals surface area contributed by atoms with Crippen molar-refractivity contribution in [2.24, 2.45) is 0 Å². The lowest BCUT2D eigenvalue weighted by molar-refractivity contribution is -0.140. The number of urea groups is 1. The number of halogens is 1. The van der Waals surface area contributed by atoms with Crippen LogP contribution < -0.4 is 15.4 Å². The summed E-state index contributed by atoms with van der Waals surface area (Å²) >= 11 is 6.22. The second-order valence-corrected chi connectivity index (χ2v) is 8.58. The van der Waals surface area contributed by atoms with Crippen molar-refractivity contribution in [2.75, 3.05) is 6.61 Å². The molecule has 2 aromatic carbocycles. The molecular weight excluding hydrogens is 494 g/mol. The Morgan fingerprint density at radius 1 is 1.11 bits per heavy atom. The number of carbonyl (C=O) groups excluding carboxylic acids is 2. The van der Waals surface area contributed by atoms with Crippen molar-refractivity contribution in [2.45, 2.75) is 12.6 Å². The number of hydrogen-bond donors (Lipinski definition) is 3. The summed E-state index contributed by atoms with van der Waals surface area (Å²) in [6.07, 6.45) is 3.34. The Morgan fingerprint density at radius 2 is 1.97 bits per heavy atom. The number of carbonyl (C=O) groups is 2. The molecule has 3 heterocycles. The van der Waals surface area contributed by atoms with Crippen molar-refractivity contribution in [3.8, 4) is 11.8 Å². The highest BCUT2D eigenvalue weighted by molar-refractivity contribution is 6.32. The zero-order valence-corrected chi connectivity index (χ0v) is 20.1. The quantitative estimate of drug-likeness (QED) is 0.312. The van der Waals surface area contributed by atoms with Gasteiger partial charge in [0, 0.05) is 23.3 Å². The molecule has 2 amide bonds. The van der Waals surface area contributed by atoms with E-state index in [1.807, 2.05) is 6.07 Å². The number of hydrogen-bond acceptors (Lipinski definition) is 6. The summed E-state index contributed by atoms with van der Waals surface area (Å²) in [6, 6.07) is 18.0. The van der Waals surface area contributed by atoms with Crippen molar-refractivity contribution in [1.29, 1.82) is 5.26 Å². The van der Waals surface area contributed by atoms with Crippen LogP contribution in [-0.4, -0.2) is 28.6 Å². The van der Waals surface area contributed by atoms with Gasteiger partial charge in [0.05, 0.1) is 34.0 Å². The van der Waals surface area contributed by atoms with E-state index in [0.717, 1.165) is 5.39 Å². The number of H-pyrrole nitrogens is 1. The highest BCUT2D eigenvalue weighted by atomic mass is 35.5. The fraction of sp³-hybridized carbons (Fsp3) is 0.111. The standard InChI is InChI=1S/C27H20ClN5O4/c28-20-8-1-2-9-22(20)36-15-21-23(26(34)37-14-17-6-3-5-16(11-17)12-29)24(33-27(35)32-21)19-13-31-25-18(19)7-4-10-30-25/h1-11,13,24H,14-15H2,(H,30,31)(H2,32,33,35). The summed E-state index contributed by atoms with van der Waals surface area (Å²) in [7, 11) is 0. The third-order valence-corrected chi connectivity index (χ3v) is 6.11. The average molecular weight is 514 g/mol. The molecule has 0 aliphatic carbocycles. The van der Waals surface area contributed by atoms with Crippen LogP contribution in [0.15, 0.2) is 84.3 Å². The number of fused-ring (bicyclic) bond motifs is 1. The van der Waals surface area contributed by atoms with Gasteiger partial charge in [0.1, 0.15) is 24.6 Å². The summed E-state index contributed by atoms with van der Waals surface area (Å²) in [5.74, 6) is -0.255. The molecule has 0 saturated carbocycles. The van der Waals surface area contributed by atoms with E-state index in [1.165, 1.54) is 0 Å². The number of pyridine rings is 1. The van der Waals surface area contributed by atoms with Gasteiger partial charge in [0.2, 0.25) is 0 Å². The van der Waals surface area contributed by atoms with Crippen LogP contribution in [0.2, 0.25) is 5.02 Å². The third kappa shape index (κ3) is 5.10. The first-order valence-corrected chi connectivity index (χ1v) is 11.7. The Labute approximate surface area is 216 Å². The highest BCUT2D eigenvalue weighted by Gasteiger charge is 2.35. The molecule has 0 saturated heterocycles. The fourth-order valence-corrected chi connectivity index (χ4v) is 4.28. The smallest absolute Gasteiger partial charge is 0.338 e. The lowest BCUT2D eigenvalue weighted by Crippen LogP contribution is -2.47. The zero-order valence-electron chi connectivity index (χ0n) is 19.3. The fourth-order valence-electron chi connectivity index (χ4n) is 4.09. The van der Waals surface area contributed by atoms with E-state index in [-0.39, 0.29) is 24.5 Å². The molecule has 9 nitrogen and oxygen atoms in total. The van der Waals surface area contributed by atoms with Gasteiger partial charge in [-0.05, 0) is 42.0 Å². The molecule has 0 radical (unpaired) electrons. The Bertz CT molecular complexity index is 1570. The maximum atomic E-state index is 13.5. The normalized spacial score (nSPS) is 15.0. The number of aromatic nitrogens is 2. The van der Waals surface area contributed by atoms with Crippen LogP contribution in [0.1, 0.15) is 22.7 Å². The molecule has 1 atom stereocenters. The van der Waals surface area contributed by atoms with E-state index < -0.39 is 18.0 Å². The van der Waals surface area contributed by atoms with Gasteiger partial charge in [-0.3, -0.25) is 0 Å². The molecule has 1 aliphatic heterocycles. The molecule has 4 aromatic rings. The van der Waals surface area contributed by atoms with Gasteiger partial charge in [-0.2, -0.15) is 5.26 Å². The number of para-hydroxylation sites is 1. The van der Waals surface area contributed by atoms with Crippen LogP contribution in [0.4, 0.5) is 4.79 Å². The summed E-state index contributed by atoms with van der Waals surface area (Å²) in [5.41, 5.74) is 2.78. The summed E-state index contributed by atoms with van der Waals surface area (Å²) < 4.78 is 11.5. The number of esters is 1. The van der Waals surface area contributed by atoms with Crippen molar-refractivity contribution in [3.05, 3.63) is 106 Å². The second-order valence-electron chi connectivity index (χ2n) is 8.17. The Morgan fingerprint density at radius 3 is 2.81 bits per heavy atom. The SMILES string of the molecule is N#Cc1cccc(COC(=O)C2=C(COc3ccccc3Cl)NC(=O)NC2c2c[nH]c3ncccc23)c1. The molecule has 2 aromatic heterocycles. The van der Waals surface area contributed by atoms with Crippen molar-refractivity contribution >= 4 is 34.6 Å². The van der Waals surface area contributed by atoms with E-state index in [9.17, 15) is 9.59 Å². The number of nitrogens with one attached hydrogen (secondary N) is 3. The topological polar surface area (TPSA) is 129 Å². The van der Waals surface area contributed by atoms with E-state index in [1.54, 1.807) is 67.0 Å². The Balaban J connectivity index is 1.51. The predicted molar refractivity (Wildman–Crippen MR) is 135 cm³/mol. The van der Waals surface area contributed by atoms with E-state index in [2.05, 4.69) is 26.7 Å². The number of ether oxygens (including phenoxy) is 2. The minimum atomic E-state index is -0.838. The lowest BCUT2D eigenvalue weighted by atomic mass is 9.95. The maximum absolute atomic E-state index is 13.5. The molecule has 1 aliphatic rings. The maximum Gasteiger partial charge on any atom is 0.338 e. The molecule has 1 unspecified atom stereocenters. The minimum absolute atomic E-state index is 0.0629. The van der Waals surface area contributed by atoms with Crippen LogP contribution in [0.5, 0.6) is 5.75 Å². The third-order valence-electron chi connectivity index (χ3n) is 5.80. The first-order valence-electron chi connectivity index (χ1n) is 11.3. The van der Waals surface area contributed by atoms with Crippen LogP contribution in [0.3, 0.4) is 0 Å². The number of rotatable bonds is 7. The van der Waals surface area contributed by atoms with E-state index in [0.29, 0.717) is 33.1 Å². The molecule has 184 valence electrons. The van der Waals surface area contributed by atoms with Gasteiger partial charge in [-0.1, -0.05) is 35.9 Å². The van der Waals surface area contributed by atoms with Gasteiger partial charge in [-0.15, -0.1) is 0 Å². The van der Waals surface area contributed by atoms with Crippen LogP contribution >= 0.6 is 11.6 Å². The first kappa shape index (κ1) is 23.9. The summed E-state index contributed by atoms with van der Waals surface area (Å²) in [4.78, 5) is 33.6. The van der Waals surface area contributed by atoms with Crippen LogP contribution in [0, 0.1) is 11.3 Å². The number of nitriles is 1. The van der Waals surface area contributed by atoms with Crippen molar-refractivity contribution < 1.29 is 19.1 Å². The first-order chi connectivity index (χ1) is 18.0. The number of nitrogens with zero attached hydrogens (tertiary/aromatic N) is 2. The van der Waals surface area contributed by atoms with Gasteiger partial charge in [-0.25, -0.2) is 14.6 Å². The summed E-state index contributed by atoms with van der Waals surface area (Å²) in [5, 5.41) is 15.8. The molecule has 37 heavy (non-hydrogen) atoms. The van der Waals surface area contributed by atoms with Crippen molar-refractivity contribution in [3.63, 3.8) is 0 Å². The molecule has 0 bridgehead atoms. The van der Waals surface area contributed by atoms with Crippen LogP contribution in [-0.2, 0) is 16.1 Å². The van der Waals surface area contributed by atoms with E-state index in [4.69, 9.17) is 26.3 Å². The Kier molecular flexibility index (Phi) is 6.74. The van der Waals surface area contributed by atoms with Gasteiger partial charge < -0.3 is 25.1 Å². The second kappa shape index (κ2) is 10.4. The number of benzene rings is 2. The molecule has 10 heteroatoms. The van der Waals surface area contributed by atoms with Gasteiger partial charge in [0.15, 0.2) is 0 Å². The number of amides is 2. The number of aromatic amines is 1. The van der Waals surface area contributed by atoms with Gasteiger partial charge >= 0.3 is 12.0 Å². The largest absolute Gasteiger partial charge is 0.486 e. The predicted octanol–water partition coefficient (Wildman–Crippen LogP) is 4.52. The van der Waals surface area contributed by atoms with Crippen LogP contribution in [0.25, 0.3) is 11.0 Å². The summed E-state index contributed by atoms with van der Waals surface area (Å²) in [6.45, 7) is -0.199. The molecule has 5 rings (SSSR count). The highest BCUT2D eigenvalue weighted by Crippen LogP contribution is 2.33.